The minimum absolute atomic E-state index is 0.0707. The van der Waals surface area contributed by atoms with Gasteiger partial charge in [0.05, 0.1) is 0 Å². The van der Waals surface area contributed by atoms with Crippen molar-refractivity contribution in [3.8, 4) is 0 Å². The second-order valence-corrected chi connectivity index (χ2v) is 5.69. The summed E-state index contributed by atoms with van der Waals surface area (Å²) in [4.78, 5) is 17.1. The Bertz CT molecular complexity index is 432. The van der Waals surface area contributed by atoms with E-state index in [-0.39, 0.29) is 10.0 Å². The summed E-state index contributed by atoms with van der Waals surface area (Å²) in [6, 6.07) is 0. The molecule has 0 bridgehead atoms. The van der Waals surface area contributed by atoms with Crippen LogP contribution in [0.2, 0.25) is 5.15 Å². The minimum atomic E-state index is -1.02. The second kappa shape index (κ2) is 5.86. The van der Waals surface area contributed by atoms with Crippen molar-refractivity contribution in [3.63, 3.8) is 0 Å². The summed E-state index contributed by atoms with van der Waals surface area (Å²) in [5, 5.41) is 9.66. The lowest BCUT2D eigenvalue weighted by Gasteiger charge is -2.26. The van der Waals surface area contributed by atoms with Crippen LogP contribution in [0.4, 0.5) is 5.13 Å². The fourth-order valence-electron chi connectivity index (χ4n) is 1.98. The van der Waals surface area contributed by atoms with Gasteiger partial charge in [0.2, 0.25) is 0 Å². The number of carboxylic acid groups (broad SMARTS) is 1. The molecule has 2 heterocycles. The highest BCUT2D eigenvalue weighted by Gasteiger charge is 2.21. The van der Waals surface area contributed by atoms with Gasteiger partial charge in [-0.25, -0.2) is 9.78 Å². The third kappa shape index (κ3) is 3.13. The van der Waals surface area contributed by atoms with Gasteiger partial charge in [0.1, 0.15) is 0 Å². The zero-order chi connectivity index (χ0) is 13.1. The first kappa shape index (κ1) is 13.6. The lowest BCUT2D eigenvalue weighted by molar-refractivity contribution is 0.0684. The minimum Gasteiger partial charge on any atom is -0.477 e. The van der Waals surface area contributed by atoms with Gasteiger partial charge >= 0.3 is 5.97 Å². The molecule has 1 fully saturated rings. The standard InChI is InChI=1S/C11H15ClN2O3S/c1-14(6-7-2-4-17-5-3-7)11-13-9(12)8(18-11)10(15)16/h7H,2-6H2,1H3,(H,15,16). The molecule has 1 aliphatic rings. The van der Waals surface area contributed by atoms with Crippen molar-refractivity contribution >= 4 is 34.0 Å². The average Bonchev–Trinajstić information content (AvgIpc) is 2.73. The topological polar surface area (TPSA) is 62.7 Å². The van der Waals surface area contributed by atoms with Gasteiger partial charge in [-0.2, -0.15) is 0 Å². The van der Waals surface area contributed by atoms with E-state index in [1.165, 1.54) is 0 Å². The first-order chi connectivity index (χ1) is 8.58. The quantitative estimate of drug-likeness (QED) is 0.922. The molecule has 2 rings (SSSR count). The van der Waals surface area contributed by atoms with Gasteiger partial charge in [-0.15, -0.1) is 0 Å². The number of anilines is 1. The molecule has 0 aliphatic carbocycles. The molecule has 100 valence electrons. The molecule has 0 radical (unpaired) electrons. The zero-order valence-electron chi connectivity index (χ0n) is 10.1. The molecule has 1 saturated heterocycles. The van der Waals surface area contributed by atoms with Gasteiger partial charge in [0.25, 0.3) is 0 Å². The van der Waals surface area contributed by atoms with Crippen LogP contribution in [-0.2, 0) is 4.74 Å². The summed E-state index contributed by atoms with van der Waals surface area (Å²) in [7, 11) is 1.91. The molecular weight excluding hydrogens is 276 g/mol. The summed E-state index contributed by atoms with van der Waals surface area (Å²) in [5.74, 6) is -0.456. The normalized spacial score (nSPS) is 16.8. The summed E-state index contributed by atoms with van der Waals surface area (Å²) in [6.45, 7) is 2.46. The fraction of sp³-hybridized carbons (Fsp3) is 0.636. The van der Waals surface area contributed by atoms with Gasteiger partial charge in [-0.1, -0.05) is 22.9 Å². The van der Waals surface area contributed by atoms with E-state index in [4.69, 9.17) is 21.4 Å². The first-order valence-electron chi connectivity index (χ1n) is 5.76. The number of aromatic carboxylic acids is 1. The molecule has 0 amide bonds. The predicted molar refractivity (Wildman–Crippen MR) is 70.9 cm³/mol. The predicted octanol–water partition coefficient (Wildman–Crippen LogP) is 2.36. The highest BCUT2D eigenvalue weighted by atomic mass is 35.5. The van der Waals surface area contributed by atoms with E-state index in [0.717, 1.165) is 43.9 Å². The third-order valence-electron chi connectivity index (χ3n) is 2.97. The Kier molecular flexibility index (Phi) is 4.42. The molecule has 1 aromatic heterocycles. The van der Waals surface area contributed by atoms with Crippen LogP contribution in [-0.4, -0.2) is 42.9 Å². The molecular formula is C11H15ClN2O3S. The maximum Gasteiger partial charge on any atom is 0.349 e. The van der Waals surface area contributed by atoms with Crippen LogP contribution in [0.25, 0.3) is 0 Å². The molecule has 1 aromatic rings. The SMILES string of the molecule is CN(CC1CCOCC1)c1nc(Cl)c(C(=O)O)s1. The Labute approximate surface area is 114 Å². The van der Waals surface area contributed by atoms with E-state index in [1.807, 2.05) is 11.9 Å². The Morgan fingerprint density at radius 3 is 2.83 bits per heavy atom. The van der Waals surface area contributed by atoms with Crippen molar-refractivity contribution in [1.29, 1.82) is 0 Å². The van der Waals surface area contributed by atoms with Gasteiger partial charge in [-0.3, -0.25) is 0 Å². The van der Waals surface area contributed by atoms with Gasteiger partial charge in [-0.05, 0) is 18.8 Å². The molecule has 1 N–H and O–H groups in total. The van der Waals surface area contributed by atoms with E-state index in [9.17, 15) is 4.79 Å². The maximum absolute atomic E-state index is 10.9. The number of halogens is 1. The van der Waals surface area contributed by atoms with Crippen LogP contribution in [0, 0.1) is 5.92 Å². The molecule has 0 saturated carbocycles. The number of carboxylic acids is 1. The van der Waals surface area contributed by atoms with Crippen LogP contribution >= 0.6 is 22.9 Å². The van der Waals surface area contributed by atoms with Crippen LogP contribution in [0.5, 0.6) is 0 Å². The number of nitrogens with zero attached hydrogens (tertiary/aromatic N) is 2. The lowest BCUT2D eigenvalue weighted by atomic mass is 10.0. The first-order valence-corrected chi connectivity index (χ1v) is 6.96. The summed E-state index contributed by atoms with van der Waals surface area (Å²) >= 11 is 6.91. The van der Waals surface area contributed by atoms with Gasteiger partial charge in [0, 0.05) is 26.8 Å². The number of rotatable bonds is 4. The lowest BCUT2D eigenvalue weighted by Crippen LogP contribution is -2.29. The fourth-order valence-corrected chi connectivity index (χ4v) is 3.07. The summed E-state index contributed by atoms with van der Waals surface area (Å²) in [6.07, 6.45) is 2.07. The van der Waals surface area contributed by atoms with Crippen LogP contribution in [0.3, 0.4) is 0 Å². The molecule has 0 unspecified atom stereocenters. The Morgan fingerprint density at radius 2 is 2.28 bits per heavy atom. The number of carbonyl (C=O) groups is 1. The molecule has 1 aliphatic heterocycles. The van der Waals surface area contributed by atoms with Crippen molar-refractivity contribution in [2.45, 2.75) is 12.8 Å². The Morgan fingerprint density at radius 1 is 1.61 bits per heavy atom. The second-order valence-electron chi connectivity index (χ2n) is 4.36. The average molecular weight is 291 g/mol. The molecule has 0 atom stereocenters. The van der Waals surface area contributed by atoms with Crippen LogP contribution < -0.4 is 4.90 Å². The van der Waals surface area contributed by atoms with E-state index < -0.39 is 5.97 Å². The van der Waals surface area contributed by atoms with E-state index in [2.05, 4.69) is 4.98 Å². The van der Waals surface area contributed by atoms with Crippen molar-refractivity contribution in [1.82, 2.24) is 4.98 Å². The number of aromatic nitrogens is 1. The third-order valence-corrected chi connectivity index (χ3v) is 4.51. The van der Waals surface area contributed by atoms with Crippen LogP contribution in [0.15, 0.2) is 0 Å². The van der Waals surface area contributed by atoms with Crippen LogP contribution in [0.1, 0.15) is 22.5 Å². The molecule has 18 heavy (non-hydrogen) atoms. The van der Waals surface area contributed by atoms with E-state index >= 15 is 0 Å². The molecule has 7 heteroatoms. The zero-order valence-corrected chi connectivity index (χ0v) is 11.6. The molecule has 0 spiro atoms. The maximum atomic E-state index is 10.9. The number of hydrogen-bond acceptors (Lipinski definition) is 5. The van der Waals surface area contributed by atoms with E-state index in [1.54, 1.807) is 0 Å². The van der Waals surface area contributed by atoms with E-state index in [0.29, 0.717) is 11.0 Å². The number of ether oxygens (including phenoxy) is 1. The highest BCUT2D eigenvalue weighted by Crippen LogP contribution is 2.30. The Balaban J connectivity index is 2.01. The largest absolute Gasteiger partial charge is 0.477 e. The van der Waals surface area contributed by atoms with Crippen molar-refractivity contribution < 1.29 is 14.6 Å². The smallest absolute Gasteiger partial charge is 0.349 e. The number of hydrogen-bond donors (Lipinski definition) is 1. The highest BCUT2D eigenvalue weighted by molar-refractivity contribution is 7.18. The van der Waals surface area contributed by atoms with Gasteiger partial charge in [0.15, 0.2) is 15.2 Å². The number of thiazole rings is 1. The van der Waals surface area contributed by atoms with Gasteiger partial charge < -0.3 is 14.7 Å². The molecule has 0 aromatic carbocycles. The van der Waals surface area contributed by atoms with Crippen molar-refractivity contribution in [2.75, 3.05) is 31.7 Å². The Hall–Kier alpha value is -0.850. The molecule has 5 nitrogen and oxygen atoms in total. The monoisotopic (exact) mass is 290 g/mol. The van der Waals surface area contributed by atoms with Crippen molar-refractivity contribution in [2.24, 2.45) is 5.92 Å². The summed E-state index contributed by atoms with van der Waals surface area (Å²) < 4.78 is 5.31. The van der Waals surface area contributed by atoms with Crippen molar-refractivity contribution in [3.05, 3.63) is 10.0 Å². The summed E-state index contributed by atoms with van der Waals surface area (Å²) in [5.41, 5.74) is 0.